The van der Waals surface area contributed by atoms with Crippen molar-refractivity contribution in [3.8, 4) is 0 Å². The number of fused-ring (bicyclic) bond motifs is 2. The Bertz CT molecular complexity index is 1680. The second kappa shape index (κ2) is 10.4. The van der Waals surface area contributed by atoms with Crippen LogP contribution in [0.5, 0.6) is 0 Å². The summed E-state index contributed by atoms with van der Waals surface area (Å²) < 4.78 is 25.4. The number of aromatic nitrogens is 8. The quantitative estimate of drug-likeness (QED) is 0.0723. The van der Waals surface area contributed by atoms with Gasteiger partial charge >= 0.3 is 0 Å². The molecule has 4 aromatic rings. The smallest absolute Gasteiger partial charge is 0.280 e. The van der Waals surface area contributed by atoms with Crippen molar-refractivity contribution < 1.29 is 39.4 Å². The highest BCUT2D eigenvalue weighted by Crippen LogP contribution is 2.34. The lowest BCUT2D eigenvalue weighted by Crippen LogP contribution is -2.37. The molecule has 4 aromatic heterocycles. The van der Waals surface area contributed by atoms with Crippen LogP contribution in [0.1, 0.15) is 12.5 Å². The minimum Gasteiger partial charge on any atom is -0.394 e. The molecule has 0 saturated carbocycles. The van der Waals surface area contributed by atoms with E-state index in [2.05, 4.69) is 29.9 Å². The highest BCUT2D eigenvalue weighted by molar-refractivity contribution is 5.71. The molecule has 0 amide bonds. The lowest BCUT2D eigenvalue weighted by atomic mass is 10.1. The first-order chi connectivity index (χ1) is 19.7. The van der Waals surface area contributed by atoms with Crippen molar-refractivity contribution in [2.75, 3.05) is 31.5 Å². The number of hydrogen-bond acceptors (Lipinski definition) is 16. The summed E-state index contributed by atoms with van der Waals surface area (Å²) in [7, 11) is 0. The van der Waals surface area contributed by atoms with Crippen LogP contribution in [0.25, 0.3) is 22.3 Å². The first-order valence-electron chi connectivity index (χ1n) is 12.3. The van der Waals surface area contributed by atoms with Gasteiger partial charge in [-0.25, -0.2) is 9.97 Å². The van der Waals surface area contributed by atoms with Crippen molar-refractivity contribution in [2.24, 2.45) is 0 Å². The first-order valence-corrected chi connectivity index (χ1v) is 12.3. The van der Waals surface area contributed by atoms with Crippen LogP contribution < -0.4 is 22.6 Å². The fourth-order valence-corrected chi connectivity index (χ4v) is 4.92. The van der Waals surface area contributed by atoms with E-state index in [-0.39, 0.29) is 40.8 Å². The summed E-state index contributed by atoms with van der Waals surface area (Å²) in [5, 5.41) is 41.5. The number of H-pyrrole nitrogens is 2. The van der Waals surface area contributed by atoms with Crippen LogP contribution in [0.15, 0.2) is 22.2 Å². The number of aliphatic hydroxyl groups excluding tert-OH is 4. The van der Waals surface area contributed by atoms with Gasteiger partial charge in [0.2, 0.25) is 11.9 Å². The molecule has 2 aliphatic heterocycles. The van der Waals surface area contributed by atoms with E-state index >= 15 is 0 Å². The van der Waals surface area contributed by atoms with Crippen molar-refractivity contribution in [3.05, 3.63) is 33.4 Å². The van der Waals surface area contributed by atoms with Gasteiger partial charge in [-0.3, -0.25) is 28.7 Å². The molecule has 20 nitrogen and oxygen atoms in total. The van der Waals surface area contributed by atoms with E-state index in [1.54, 1.807) is 0 Å². The summed E-state index contributed by atoms with van der Waals surface area (Å²) in [5.41, 5.74) is 10.2. The number of anilines is 2. The average molecular weight is 578 g/mol. The number of nitrogens with one attached hydrogen (secondary N) is 2. The summed E-state index contributed by atoms with van der Waals surface area (Å²) in [5.74, 6) is -0.323. The van der Waals surface area contributed by atoms with Gasteiger partial charge < -0.3 is 50.8 Å². The van der Waals surface area contributed by atoms with Gasteiger partial charge in [-0.05, 0) is 0 Å². The second-order valence-electron chi connectivity index (χ2n) is 9.45. The zero-order chi connectivity index (χ0) is 29.0. The molecule has 20 heteroatoms. The Labute approximate surface area is 227 Å². The summed E-state index contributed by atoms with van der Waals surface area (Å²) >= 11 is 0. The highest BCUT2D eigenvalue weighted by atomic mass is 16.7. The number of aromatic amines is 2. The van der Waals surface area contributed by atoms with E-state index in [0.717, 1.165) is 0 Å². The Morgan fingerprint density at radius 3 is 2.00 bits per heavy atom. The maximum absolute atomic E-state index is 12.2. The molecule has 2 fully saturated rings. The van der Waals surface area contributed by atoms with E-state index in [1.165, 1.54) is 21.8 Å². The Morgan fingerprint density at radius 1 is 0.854 bits per heavy atom. The fraction of sp³-hybridized carbons (Fsp3) is 0.524. The minimum absolute atomic E-state index is 0.0200. The standard InChI is InChI=1S/C21H26N10O10/c22-20-26-14-8(16(36)28-20)24-3-30(14)18-12(35)10(33)7(41-18)2-38-5-39-13-11(34)6(1-32)40-19(13)31-4-25-9-15(31)27-21(23)29-17(9)37/h3-4,6-7,10-13,18-19,32-35H,1-2,5H2,(H3,22,26,28,36)(H3,23,27,29,37)/t6-,7-,10-,11-,12-,13-,18-,19-/m1/s1. The molecule has 10 N–H and O–H groups in total. The van der Waals surface area contributed by atoms with E-state index in [9.17, 15) is 30.0 Å². The molecule has 41 heavy (non-hydrogen) atoms. The van der Waals surface area contributed by atoms with E-state index < -0.39 is 73.6 Å². The van der Waals surface area contributed by atoms with Crippen LogP contribution in [-0.4, -0.2) is 116 Å². The molecule has 0 spiro atoms. The molecular formula is C21H26N10O10. The largest absolute Gasteiger partial charge is 0.394 e. The first kappa shape index (κ1) is 27.2. The molecule has 0 radical (unpaired) electrons. The number of nitrogens with zero attached hydrogens (tertiary/aromatic N) is 6. The number of imidazole rings is 2. The van der Waals surface area contributed by atoms with Gasteiger partial charge in [-0.15, -0.1) is 0 Å². The fourth-order valence-electron chi connectivity index (χ4n) is 4.92. The summed E-state index contributed by atoms with van der Waals surface area (Å²) in [4.78, 5) is 45.0. The molecule has 6 heterocycles. The van der Waals surface area contributed by atoms with Crippen LogP contribution in [0.2, 0.25) is 0 Å². The van der Waals surface area contributed by atoms with Gasteiger partial charge in [0, 0.05) is 0 Å². The summed E-state index contributed by atoms with van der Waals surface area (Å²) in [6.07, 6.45) is -7.02. The number of nitrogens with two attached hydrogens (primary N) is 2. The molecule has 8 atom stereocenters. The van der Waals surface area contributed by atoms with Gasteiger partial charge in [0.05, 0.1) is 25.9 Å². The average Bonchev–Trinajstić information content (AvgIpc) is 3.68. The molecular weight excluding hydrogens is 552 g/mol. The van der Waals surface area contributed by atoms with Crippen molar-refractivity contribution >= 4 is 34.2 Å². The van der Waals surface area contributed by atoms with Crippen molar-refractivity contribution in [1.29, 1.82) is 0 Å². The van der Waals surface area contributed by atoms with E-state index in [4.69, 9.17) is 30.4 Å². The molecule has 0 aromatic carbocycles. The lowest BCUT2D eigenvalue weighted by molar-refractivity contribution is -0.157. The topological polar surface area (TPSA) is 297 Å². The molecule has 0 unspecified atom stereocenters. The Hall–Kier alpha value is -4.02. The number of aliphatic hydroxyl groups is 4. The van der Waals surface area contributed by atoms with Crippen molar-refractivity contribution in [2.45, 2.75) is 49.1 Å². The molecule has 220 valence electrons. The second-order valence-corrected chi connectivity index (χ2v) is 9.45. The lowest BCUT2D eigenvalue weighted by Gasteiger charge is -2.22. The third kappa shape index (κ3) is 4.61. The predicted molar refractivity (Wildman–Crippen MR) is 134 cm³/mol. The number of ether oxygens (including phenoxy) is 4. The normalized spacial score (nSPS) is 30.1. The monoisotopic (exact) mass is 578 g/mol. The minimum atomic E-state index is -1.43. The van der Waals surface area contributed by atoms with Crippen LogP contribution >= 0.6 is 0 Å². The van der Waals surface area contributed by atoms with Crippen molar-refractivity contribution in [1.82, 2.24) is 39.0 Å². The molecule has 2 aliphatic rings. The van der Waals surface area contributed by atoms with Gasteiger partial charge in [0.15, 0.2) is 34.8 Å². The highest BCUT2D eigenvalue weighted by Gasteiger charge is 2.47. The van der Waals surface area contributed by atoms with Gasteiger partial charge in [-0.1, -0.05) is 0 Å². The Kier molecular flexibility index (Phi) is 6.91. The maximum atomic E-state index is 12.2. The molecule has 2 saturated heterocycles. The third-order valence-corrected chi connectivity index (χ3v) is 6.91. The van der Waals surface area contributed by atoms with Crippen LogP contribution in [-0.2, 0) is 18.9 Å². The van der Waals surface area contributed by atoms with Gasteiger partial charge in [-0.2, -0.15) is 9.97 Å². The van der Waals surface area contributed by atoms with Crippen molar-refractivity contribution in [3.63, 3.8) is 0 Å². The molecule has 6 rings (SSSR count). The Morgan fingerprint density at radius 2 is 1.41 bits per heavy atom. The van der Waals surface area contributed by atoms with Crippen LogP contribution in [0.4, 0.5) is 11.9 Å². The molecule has 0 aliphatic carbocycles. The number of rotatable bonds is 8. The van der Waals surface area contributed by atoms with E-state index in [0.29, 0.717) is 0 Å². The van der Waals surface area contributed by atoms with Gasteiger partial charge in [0.1, 0.15) is 43.4 Å². The predicted octanol–water partition coefficient (Wildman–Crippen LogP) is -4.35. The SMILES string of the molecule is Nc1nc2c(ncn2[C@@H]2O[C@H](COCO[C@@H]3[C@H](O)[C@@H](CO)O[C@H]3n3cnc4c(=O)[nH]c(N)nc43)[C@@H](O)[C@H]2O)c(=O)[nH]1. The van der Waals surface area contributed by atoms with Crippen LogP contribution in [0.3, 0.4) is 0 Å². The molecule has 0 bridgehead atoms. The summed E-state index contributed by atoms with van der Waals surface area (Å²) in [6.45, 7) is -1.22. The third-order valence-electron chi connectivity index (χ3n) is 6.91. The van der Waals surface area contributed by atoms with E-state index in [1.807, 2.05) is 0 Å². The number of hydrogen-bond donors (Lipinski definition) is 8. The maximum Gasteiger partial charge on any atom is 0.280 e. The van der Waals surface area contributed by atoms with Crippen LogP contribution in [0, 0.1) is 0 Å². The van der Waals surface area contributed by atoms with Gasteiger partial charge in [0.25, 0.3) is 11.1 Å². The summed E-state index contributed by atoms with van der Waals surface area (Å²) in [6, 6.07) is 0. The Balaban J connectivity index is 1.13. The number of nitrogen functional groups attached to an aromatic ring is 2. The zero-order valence-corrected chi connectivity index (χ0v) is 21.0. The zero-order valence-electron chi connectivity index (χ0n) is 21.0.